The summed E-state index contributed by atoms with van der Waals surface area (Å²) in [5.41, 5.74) is -0.0282. The maximum atomic E-state index is 11.9. The molecule has 0 saturated carbocycles. The zero-order chi connectivity index (χ0) is 22.7. The molecule has 0 aromatic heterocycles. The Hall–Kier alpha value is -2.82. The molecule has 2 aromatic carbocycles. The Balaban J connectivity index is 2.27. The van der Waals surface area contributed by atoms with Crippen LogP contribution in [0.3, 0.4) is 0 Å². The van der Waals surface area contributed by atoms with Gasteiger partial charge < -0.3 is 10.2 Å². The van der Waals surface area contributed by atoms with Gasteiger partial charge in [-0.05, 0) is 37.5 Å². The lowest BCUT2D eigenvalue weighted by atomic mass is 9.93. The second-order valence-corrected chi connectivity index (χ2v) is 9.76. The van der Waals surface area contributed by atoms with E-state index in [1.54, 1.807) is 30.3 Å². The number of benzene rings is 2. The number of carbonyl (C=O) groups is 1. The van der Waals surface area contributed by atoms with E-state index in [9.17, 15) is 28.4 Å². The van der Waals surface area contributed by atoms with Crippen LogP contribution < -0.4 is 4.72 Å². The number of nitrogens with zero attached hydrogens (tertiary/aromatic N) is 1. The third-order valence-electron chi connectivity index (χ3n) is 4.70. The molecule has 0 aliphatic heterocycles. The topological polar surface area (TPSA) is 147 Å². The van der Waals surface area contributed by atoms with Gasteiger partial charge in [0.15, 0.2) is 0 Å². The van der Waals surface area contributed by atoms with E-state index in [4.69, 9.17) is 5.11 Å². The van der Waals surface area contributed by atoms with Crippen LogP contribution in [0, 0.1) is 10.1 Å². The molecular formula is C20H24N2O7S. The summed E-state index contributed by atoms with van der Waals surface area (Å²) in [6.45, 7) is 4.35. The number of nitro benzene ring substituents is 1. The van der Waals surface area contributed by atoms with E-state index in [2.05, 4.69) is 4.72 Å². The van der Waals surface area contributed by atoms with Crippen LogP contribution in [0.5, 0.6) is 0 Å². The smallest absolute Gasteiger partial charge is 0.308 e. The zero-order valence-electron chi connectivity index (χ0n) is 16.8. The second-order valence-electron chi connectivity index (χ2n) is 7.44. The van der Waals surface area contributed by atoms with E-state index < -0.39 is 38.2 Å². The van der Waals surface area contributed by atoms with Crippen LogP contribution >= 0.6 is 0 Å². The molecule has 1 unspecified atom stereocenters. The maximum Gasteiger partial charge on any atom is 0.308 e. The Bertz CT molecular complexity index is 1050. The van der Waals surface area contributed by atoms with Crippen LogP contribution in [0.15, 0.2) is 42.5 Å². The van der Waals surface area contributed by atoms with Crippen LogP contribution in [-0.4, -0.2) is 41.3 Å². The number of hydrogen-bond acceptors (Lipinski definition) is 6. The van der Waals surface area contributed by atoms with Crippen molar-refractivity contribution in [3.63, 3.8) is 0 Å². The number of hydrogen-bond donors (Lipinski definition) is 3. The van der Waals surface area contributed by atoms with Crippen molar-refractivity contribution in [3.05, 3.63) is 63.7 Å². The van der Waals surface area contributed by atoms with Crippen molar-refractivity contribution < 1.29 is 28.3 Å². The number of aliphatic carboxylic acids is 1. The molecule has 0 heterocycles. The summed E-state index contributed by atoms with van der Waals surface area (Å²) in [7, 11) is -3.53. The Morgan fingerprint density at radius 2 is 1.73 bits per heavy atom. The summed E-state index contributed by atoms with van der Waals surface area (Å²) in [5.74, 6) is -1.16. The highest BCUT2D eigenvalue weighted by Crippen LogP contribution is 2.29. The van der Waals surface area contributed by atoms with Crippen molar-refractivity contribution in [2.45, 2.75) is 38.0 Å². The molecule has 10 heteroatoms. The van der Waals surface area contributed by atoms with Gasteiger partial charge >= 0.3 is 5.97 Å². The zero-order valence-corrected chi connectivity index (χ0v) is 17.6. The molecule has 0 aliphatic carbocycles. The molecule has 0 spiro atoms. The molecule has 2 rings (SSSR count). The number of carboxylic acid groups (broad SMARTS) is 1. The predicted molar refractivity (Wildman–Crippen MR) is 112 cm³/mol. The van der Waals surface area contributed by atoms with Crippen LogP contribution in [0.2, 0.25) is 0 Å². The van der Waals surface area contributed by atoms with Crippen LogP contribution in [0.25, 0.3) is 11.1 Å². The normalized spacial score (nSPS) is 13.8. The monoisotopic (exact) mass is 436 g/mol. The fourth-order valence-corrected chi connectivity index (χ4v) is 3.57. The first-order valence-electron chi connectivity index (χ1n) is 9.14. The molecule has 0 amide bonds. The quantitative estimate of drug-likeness (QED) is 0.404. The molecule has 3 N–H and O–H groups in total. The lowest BCUT2D eigenvalue weighted by Crippen LogP contribution is -2.41. The Morgan fingerprint density at radius 3 is 2.23 bits per heavy atom. The first-order chi connectivity index (χ1) is 13.8. The van der Waals surface area contributed by atoms with Crippen molar-refractivity contribution >= 4 is 21.7 Å². The van der Waals surface area contributed by atoms with Gasteiger partial charge in [-0.25, -0.2) is 13.1 Å². The van der Waals surface area contributed by atoms with Gasteiger partial charge in [-0.2, -0.15) is 0 Å². The van der Waals surface area contributed by atoms with E-state index in [0.29, 0.717) is 16.7 Å². The standard InChI is InChI=1S/C20H24N2O7S/c1-13(2)30(28,29)21-12-20(3,25)17-8-6-14(7-9-17)15-4-5-16(11-19(23)24)18(10-15)22(26)27/h4-10,13,21,25H,11-12H2,1-3H3,(H,23,24). The highest BCUT2D eigenvalue weighted by molar-refractivity contribution is 7.90. The predicted octanol–water partition coefficient (Wildman–Crippen LogP) is 2.42. The minimum Gasteiger partial charge on any atom is -0.481 e. The average molecular weight is 436 g/mol. The van der Waals surface area contributed by atoms with Crippen LogP contribution in [0.1, 0.15) is 31.9 Å². The van der Waals surface area contributed by atoms with Gasteiger partial charge in [-0.1, -0.05) is 36.4 Å². The molecule has 30 heavy (non-hydrogen) atoms. The fourth-order valence-electron chi connectivity index (χ4n) is 2.76. The third-order valence-corrected chi connectivity index (χ3v) is 6.49. The summed E-state index contributed by atoms with van der Waals surface area (Å²) in [5, 5.41) is 30.2. The third kappa shape index (κ3) is 5.62. The highest BCUT2D eigenvalue weighted by Gasteiger charge is 2.27. The summed E-state index contributed by atoms with van der Waals surface area (Å²) in [6.07, 6.45) is -0.454. The number of nitrogens with one attached hydrogen (secondary N) is 1. The van der Waals surface area contributed by atoms with Crippen LogP contribution in [-0.2, 0) is 26.8 Å². The molecule has 0 saturated heterocycles. The lowest BCUT2D eigenvalue weighted by Gasteiger charge is -2.25. The summed E-state index contributed by atoms with van der Waals surface area (Å²) in [4.78, 5) is 21.6. The van der Waals surface area contributed by atoms with Gasteiger partial charge in [0.1, 0.15) is 5.60 Å². The van der Waals surface area contributed by atoms with Crippen molar-refractivity contribution in [3.8, 4) is 11.1 Å². The van der Waals surface area contributed by atoms with Crippen molar-refractivity contribution in [2.75, 3.05) is 6.54 Å². The second kappa shape index (κ2) is 8.90. The molecular weight excluding hydrogens is 412 g/mol. The molecule has 1 atom stereocenters. The van der Waals surface area contributed by atoms with Gasteiger partial charge in [-0.3, -0.25) is 14.9 Å². The number of nitro groups is 1. The molecule has 0 radical (unpaired) electrons. The van der Waals surface area contributed by atoms with E-state index in [1.807, 2.05) is 0 Å². The molecule has 2 aromatic rings. The molecule has 0 aliphatic rings. The molecule has 9 nitrogen and oxygen atoms in total. The van der Waals surface area contributed by atoms with Crippen LogP contribution in [0.4, 0.5) is 5.69 Å². The molecule has 0 fully saturated rings. The largest absolute Gasteiger partial charge is 0.481 e. The van der Waals surface area contributed by atoms with E-state index in [1.165, 1.54) is 32.9 Å². The number of sulfonamides is 1. The minimum atomic E-state index is -3.53. The van der Waals surface area contributed by atoms with Gasteiger partial charge in [-0.15, -0.1) is 0 Å². The Labute approximate surface area is 174 Å². The Kier molecular flexibility index (Phi) is 6.96. The SMILES string of the molecule is CC(C)S(=O)(=O)NCC(C)(O)c1ccc(-c2ccc(CC(=O)O)c([N+](=O)[O-])c2)cc1. The molecule has 162 valence electrons. The fraction of sp³-hybridized carbons (Fsp3) is 0.350. The average Bonchev–Trinajstić information content (AvgIpc) is 2.66. The first-order valence-corrected chi connectivity index (χ1v) is 10.7. The van der Waals surface area contributed by atoms with Gasteiger partial charge in [0.2, 0.25) is 10.0 Å². The van der Waals surface area contributed by atoms with Gasteiger partial charge in [0.25, 0.3) is 5.69 Å². The molecule has 0 bridgehead atoms. The van der Waals surface area contributed by atoms with Gasteiger partial charge in [0.05, 0.1) is 16.6 Å². The van der Waals surface area contributed by atoms with E-state index in [0.717, 1.165) is 0 Å². The summed E-state index contributed by atoms with van der Waals surface area (Å²) in [6, 6.07) is 10.8. The lowest BCUT2D eigenvalue weighted by molar-refractivity contribution is -0.385. The highest BCUT2D eigenvalue weighted by atomic mass is 32.2. The van der Waals surface area contributed by atoms with E-state index >= 15 is 0 Å². The first kappa shape index (κ1) is 23.5. The number of aliphatic hydroxyl groups is 1. The maximum absolute atomic E-state index is 11.9. The number of rotatable bonds is 9. The number of carboxylic acids is 1. The van der Waals surface area contributed by atoms with E-state index in [-0.39, 0.29) is 17.8 Å². The van der Waals surface area contributed by atoms with Gasteiger partial charge in [0, 0.05) is 18.2 Å². The minimum absolute atomic E-state index is 0.105. The summed E-state index contributed by atoms with van der Waals surface area (Å²) < 4.78 is 26.2. The van der Waals surface area contributed by atoms with Crippen molar-refractivity contribution in [1.29, 1.82) is 0 Å². The van der Waals surface area contributed by atoms with Crippen molar-refractivity contribution in [1.82, 2.24) is 4.72 Å². The van der Waals surface area contributed by atoms with Crippen molar-refractivity contribution in [2.24, 2.45) is 0 Å². The Morgan fingerprint density at radius 1 is 1.17 bits per heavy atom. The summed E-state index contributed by atoms with van der Waals surface area (Å²) >= 11 is 0.